The van der Waals surface area contributed by atoms with Crippen molar-refractivity contribution >= 4 is 24.2 Å². The molecule has 1 aromatic carbocycles. The van der Waals surface area contributed by atoms with Crippen molar-refractivity contribution in [1.29, 1.82) is 0 Å². The molecule has 2 atom stereocenters. The lowest BCUT2D eigenvalue weighted by atomic mass is 9.89. The molecule has 3 N–H and O–H groups in total. The Morgan fingerprint density at radius 2 is 1.68 bits per heavy atom. The van der Waals surface area contributed by atoms with Crippen molar-refractivity contribution in [2.45, 2.75) is 57.2 Å². The van der Waals surface area contributed by atoms with E-state index in [0.717, 1.165) is 18.4 Å². The van der Waals surface area contributed by atoms with Gasteiger partial charge in [0.05, 0.1) is 0 Å². The monoisotopic (exact) mass is 365 g/mol. The van der Waals surface area contributed by atoms with Crippen LogP contribution in [-0.2, 0) is 16.1 Å². The van der Waals surface area contributed by atoms with Crippen molar-refractivity contribution in [3.8, 4) is 0 Å². The van der Waals surface area contributed by atoms with E-state index in [9.17, 15) is 9.59 Å². The summed E-state index contributed by atoms with van der Waals surface area (Å²) in [4.78, 5) is 23.9. The average Bonchev–Trinajstić information content (AvgIpc) is 2.92. The van der Waals surface area contributed by atoms with Crippen molar-refractivity contribution in [2.75, 3.05) is 6.54 Å². The molecule has 0 saturated carbocycles. The van der Waals surface area contributed by atoms with E-state index in [1.54, 1.807) is 0 Å². The standard InChI is InChI=1S/C19H27N3O2.ClH/c23-18(21-13-14-4-2-1-3-5-14)8-9-20-19(24)12-15-10-16-6-7-17(11-15)22-16;/h1-5,15-17,22H,6-13H2,(H,20,24)(H,21,23);1H. The molecule has 138 valence electrons. The van der Waals surface area contributed by atoms with Gasteiger partial charge in [-0.05, 0) is 37.2 Å². The van der Waals surface area contributed by atoms with Gasteiger partial charge in [0.25, 0.3) is 0 Å². The second-order valence-electron chi connectivity index (χ2n) is 7.04. The van der Waals surface area contributed by atoms with Gasteiger partial charge in [0, 0.05) is 38.0 Å². The summed E-state index contributed by atoms with van der Waals surface area (Å²) in [5, 5.41) is 9.36. The predicted octanol–water partition coefficient (Wildman–Crippen LogP) is 2.15. The zero-order chi connectivity index (χ0) is 16.8. The highest BCUT2D eigenvalue weighted by Crippen LogP contribution is 2.32. The number of nitrogens with one attached hydrogen (secondary N) is 3. The molecule has 2 bridgehead atoms. The molecular weight excluding hydrogens is 338 g/mol. The fourth-order valence-corrected chi connectivity index (χ4v) is 3.88. The highest BCUT2D eigenvalue weighted by molar-refractivity contribution is 5.85. The third-order valence-corrected chi connectivity index (χ3v) is 5.05. The van der Waals surface area contributed by atoms with Crippen molar-refractivity contribution in [1.82, 2.24) is 16.0 Å². The van der Waals surface area contributed by atoms with Gasteiger partial charge in [0.1, 0.15) is 0 Å². The van der Waals surface area contributed by atoms with Crippen LogP contribution >= 0.6 is 12.4 Å². The maximum atomic E-state index is 12.0. The van der Waals surface area contributed by atoms with E-state index in [-0.39, 0.29) is 24.2 Å². The van der Waals surface area contributed by atoms with Crippen LogP contribution in [0.25, 0.3) is 0 Å². The molecule has 0 aromatic heterocycles. The first-order chi connectivity index (χ1) is 11.7. The summed E-state index contributed by atoms with van der Waals surface area (Å²) < 4.78 is 0. The Bertz CT molecular complexity index is 555. The molecule has 0 spiro atoms. The molecule has 5 nitrogen and oxygen atoms in total. The zero-order valence-corrected chi connectivity index (χ0v) is 15.3. The van der Waals surface area contributed by atoms with Crippen LogP contribution in [0, 0.1) is 5.92 Å². The predicted molar refractivity (Wildman–Crippen MR) is 100 cm³/mol. The quantitative estimate of drug-likeness (QED) is 0.693. The third kappa shape index (κ3) is 6.33. The Kier molecular flexibility index (Phi) is 7.72. The fourth-order valence-electron chi connectivity index (χ4n) is 3.88. The first-order valence-electron chi connectivity index (χ1n) is 9.02. The van der Waals surface area contributed by atoms with Gasteiger partial charge in [-0.2, -0.15) is 0 Å². The summed E-state index contributed by atoms with van der Waals surface area (Å²) in [6, 6.07) is 11.1. The van der Waals surface area contributed by atoms with E-state index >= 15 is 0 Å². The van der Waals surface area contributed by atoms with E-state index in [1.807, 2.05) is 30.3 Å². The molecule has 2 unspecified atom stereocenters. The Morgan fingerprint density at radius 1 is 1.00 bits per heavy atom. The molecule has 25 heavy (non-hydrogen) atoms. The number of rotatable bonds is 7. The maximum Gasteiger partial charge on any atom is 0.222 e. The Hall–Kier alpha value is -1.59. The first kappa shape index (κ1) is 19.7. The molecule has 2 amide bonds. The number of hydrogen-bond acceptors (Lipinski definition) is 3. The molecule has 6 heteroatoms. The molecule has 2 fully saturated rings. The summed E-state index contributed by atoms with van der Waals surface area (Å²) >= 11 is 0. The number of fused-ring (bicyclic) bond motifs is 2. The van der Waals surface area contributed by atoms with Gasteiger partial charge in [0.15, 0.2) is 0 Å². The lowest BCUT2D eigenvalue weighted by molar-refractivity contribution is -0.123. The van der Waals surface area contributed by atoms with E-state index in [4.69, 9.17) is 0 Å². The fraction of sp³-hybridized carbons (Fsp3) is 0.579. The number of benzene rings is 1. The molecule has 2 aliphatic heterocycles. The average molecular weight is 366 g/mol. The number of halogens is 1. The van der Waals surface area contributed by atoms with Crippen molar-refractivity contribution in [3.63, 3.8) is 0 Å². The summed E-state index contributed by atoms with van der Waals surface area (Å²) in [6.45, 7) is 0.947. The van der Waals surface area contributed by atoms with Crippen LogP contribution in [0.2, 0.25) is 0 Å². The van der Waals surface area contributed by atoms with Crippen LogP contribution in [-0.4, -0.2) is 30.4 Å². The molecule has 2 heterocycles. The van der Waals surface area contributed by atoms with Crippen LogP contribution in [0.5, 0.6) is 0 Å². The summed E-state index contributed by atoms with van der Waals surface area (Å²) in [5.41, 5.74) is 1.08. The van der Waals surface area contributed by atoms with Gasteiger partial charge in [-0.1, -0.05) is 30.3 Å². The Labute approximate surface area is 155 Å². The van der Waals surface area contributed by atoms with Gasteiger partial charge < -0.3 is 16.0 Å². The highest BCUT2D eigenvalue weighted by Gasteiger charge is 2.34. The van der Waals surface area contributed by atoms with Crippen molar-refractivity contribution < 1.29 is 9.59 Å². The molecule has 0 aliphatic carbocycles. The van der Waals surface area contributed by atoms with Crippen LogP contribution in [0.4, 0.5) is 0 Å². The Balaban J connectivity index is 0.00000225. The van der Waals surface area contributed by atoms with E-state index in [2.05, 4.69) is 16.0 Å². The largest absolute Gasteiger partial charge is 0.356 e. The molecule has 2 saturated heterocycles. The number of carbonyl (C=O) groups is 2. The zero-order valence-electron chi connectivity index (χ0n) is 14.5. The van der Waals surface area contributed by atoms with Crippen molar-refractivity contribution in [2.24, 2.45) is 5.92 Å². The van der Waals surface area contributed by atoms with E-state index < -0.39 is 0 Å². The number of piperidine rings is 1. The van der Waals surface area contributed by atoms with Gasteiger partial charge in [-0.3, -0.25) is 9.59 Å². The lowest BCUT2D eigenvalue weighted by Crippen LogP contribution is -2.40. The minimum absolute atomic E-state index is 0. The summed E-state index contributed by atoms with van der Waals surface area (Å²) in [7, 11) is 0. The molecular formula is C19H28ClN3O2. The van der Waals surface area contributed by atoms with Crippen LogP contribution in [0.3, 0.4) is 0 Å². The topological polar surface area (TPSA) is 70.2 Å². The van der Waals surface area contributed by atoms with Gasteiger partial charge in [0.2, 0.25) is 11.8 Å². The minimum atomic E-state index is -0.0286. The van der Waals surface area contributed by atoms with Crippen LogP contribution < -0.4 is 16.0 Å². The maximum absolute atomic E-state index is 12.0. The summed E-state index contributed by atoms with van der Waals surface area (Å²) in [6.07, 6.45) is 5.66. The SMILES string of the molecule is Cl.O=C(CCNC(=O)CC1CC2CCC(C1)N2)NCc1ccccc1. The molecule has 1 aromatic rings. The smallest absolute Gasteiger partial charge is 0.222 e. The lowest BCUT2D eigenvalue weighted by Gasteiger charge is -2.28. The van der Waals surface area contributed by atoms with E-state index in [1.165, 1.54) is 12.8 Å². The van der Waals surface area contributed by atoms with E-state index in [0.29, 0.717) is 43.9 Å². The number of hydrogen-bond donors (Lipinski definition) is 3. The summed E-state index contributed by atoms with van der Waals surface area (Å²) in [5.74, 6) is 0.548. The molecule has 2 aliphatic rings. The van der Waals surface area contributed by atoms with Gasteiger partial charge in [-0.25, -0.2) is 0 Å². The molecule has 3 rings (SSSR count). The van der Waals surface area contributed by atoms with Gasteiger partial charge in [-0.15, -0.1) is 12.4 Å². The number of carbonyl (C=O) groups excluding carboxylic acids is 2. The second kappa shape index (κ2) is 9.78. The normalized spacial score (nSPS) is 24.2. The van der Waals surface area contributed by atoms with Crippen molar-refractivity contribution in [3.05, 3.63) is 35.9 Å². The van der Waals surface area contributed by atoms with Crippen LogP contribution in [0.1, 0.15) is 44.1 Å². The minimum Gasteiger partial charge on any atom is -0.356 e. The molecule has 0 radical (unpaired) electrons. The van der Waals surface area contributed by atoms with Gasteiger partial charge >= 0.3 is 0 Å². The second-order valence-corrected chi connectivity index (χ2v) is 7.04. The number of amides is 2. The van der Waals surface area contributed by atoms with Crippen LogP contribution in [0.15, 0.2) is 30.3 Å². The first-order valence-corrected chi connectivity index (χ1v) is 9.02. The third-order valence-electron chi connectivity index (χ3n) is 5.05. The highest BCUT2D eigenvalue weighted by atomic mass is 35.5. The Morgan fingerprint density at radius 3 is 2.36 bits per heavy atom.